The van der Waals surface area contributed by atoms with E-state index in [2.05, 4.69) is 29.3 Å². The van der Waals surface area contributed by atoms with Gasteiger partial charge in [0.2, 0.25) is 0 Å². The number of phenolic OH excluding ortho intramolecular Hbond substituents is 1. The highest BCUT2D eigenvalue weighted by molar-refractivity contribution is 5.85. The lowest BCUT2D eigenvalue weighted by Gasteiger charge is -2.57. The molecule has 6 rings (SSSR count). The Kier molecular flexibility index (Phi) is 3.48. The lowest BCUT2D eigenvalue weighted by molar-refractivity contribution is -0.00518. The van der Waals surface area contributed by atoms with Crippen LogP contribution in [0.5, 0.6) is 5.75 Å². The summed E-state index contributed by atoms with van der Waals surface area (Å²) in [6.07, 6.45) is 10.4. The summed E-state index contributed by atoms with van der Waals surface area (Å²) >= 11 is 0. The van der Waals surface area contributed by atoms with Crippen LogP contribution in [0.2, 0.25) is 0 Å². The maximum Gasteiger partial charge on any atom is 0.124 e. The second-order valence-electron chi connectivity index (χ2n) is 8.56. The van der Waals surface area contributed by atoms with E-state index in [4.69, 9.17) is 0 Å². The van der Waals surface area contributed by atoms with Gasteiger partial charge in [0.1, 0.15) is 5.75 Å². The van der Waals surface area contributed by atoms with Crippen molar-refractivity contribution in [3.05, 3.63) is 59.7 Å². The minimum Gasteiger partial charge on any atom is -0.507 e. The number of hydrogen-bond acceptors (Lipinski definition) is 2. The minimum absolute atomic E-state index is 0.274. The maximum atomic E-state index is 9.84. The molecule has 4 aliphatic carbocycles. The number of phenols is 1. The fourth-order valence-electron chi connectivity index (χ4n) is 6.11. The van der Waals surface area contributed by atoms with E-state index in [-0.39, 0.29) is 5.75 Å². The molecule has 0 saturated heterocycles. The van der Waals surface area contributed by atoms with Crippen molar-refractivity contribution in [3.8, 4) is 5.75 Å². The van der Waals surface area contributed by atoms with Crippen molar-refractivity contribution in [3.63, 3.8) is 0 Å². The van der Waals surface area contributed by atoms with Crippen molar-refractivity contribution in [2.24, 2.45) is 22.7 Å². The highest BCUT2D eigenvalue weighted by Crippen LogP contribution is 2.60. The van der Waals surface area contributed by atoms with Crippen molar-refractivity contribution in [1.29, 1.82) is 0 Å². The smallest absolute Gasteiger partial charge is 0.124 e. The maximum absolute atomic E-state index is 9.84. The van der Waals surface area contributed by atoms with Gasteiger partial charge in [0.05, 0.1) is 5.69 Å². The SMILES string of the molecule is Oc1ccccc1C=Nc1ccc(C23CC4CC(CC(C4)C2)C3)cc1. The first kappa shape index (κ1) is 15.2. The number of benzene rings is 2. The summed E-state index contributed by atoms with van der Waals surface area (Å²) in [5.41, 5.74) is 3.70. The molecule has 4 aliphatic rings. The van der Waals surface area contributed by atoms with Crippen molar-refractivity contribution in [2.45, 2.75) is 43.9 Å². The summed E-state index contributed by atoms with van der Waals surface area (Å²) in [4.78, 5) is 4.54. The van der Waals surface area contributed by atoms with Gasteiger partial charge < -0.3 is 5.11 Å². The lowest BCUT2D eigenvalue weighted by atomic mass is 9.48. The van der Waals surface area contributed by atoms with Crippen molar-refractivity contribution < 1.29 is 5.11 Å². The van der Waals surface area contributed by atoms with Crippen LogP contribution in [0.3, 0.4) is 0 Å². The fraction of sp³-hybridized carbons (Fsp3) is 0.435. The van der Waals surface area contributed by atoms with Gasteiger partial charge in [-0.2, -0.15) is 0 Å². The number of hydrogen-bond donors (Lipinski definition) is 1. The van der Waals surface area contributed by atoms with E-state index >= 15 is 0 Å². The molecular weight excluding hydrogens is 306 g/mol. The summed E-state index contributed by atoms with van der Waals surface area (Å²) in [6, 6.07) is 16.2. The fourth-order valence-corrected chi connectivity index (χ4v) is 6.11. The summed E-state index contributed by atoms with van der Waals surface area (Å²) < 4.78 is 0. The largest absolute Gasteiger partial charge is 0.507 e. The zero-order valence-electron chi connectivity index (χ0n) is 14.6. The van der Waals surface area contributed by atoms with Gasteiger partial charge in [-0.05, 0) is 91.5 Å². The first-order valence-corrected chi connectivity index (χ1v) is 9.63. The third kappa shape index (κ3) is 2.68. The minimum atomic E-state index is 0.274. The van der Waals surface area contributed by atoms with Crippen LogP contribution in [-0.4, -0.2) is 11.3 Å². The van der Waals surface area contributed by atoms with Gasteiger partial charge >= 0.3 is 0 Å². The molecule has 4 bridgehead atoms. The second-order valence-corrected chi connectivity index (χ2v) is 8.56. The number of aliphatic imine (C=N–C) groups is 1. The molecular formula is C23H25NO. The van der Waals surface area contributed by atoms with Gasteiger partial charge in [-0.25, -0.2) is 0 Å². The van der Waals surface area contributed by atoms with Crippen LogP contribution in [0.15, 0.2) is 53.5 Å². The molecule has 0 heterocycles. The Labute approximate surface area is 149 Å². The van der Waals surface area contributed by atoms with Crippen LogP contribution >= 0.6 is 0 Å². The Morgan fingerprint density at radius 2 is 1.44 bits per heavy atom. The molecule has 25 heavy (non-hydrogen) atoms. The van der Waals surface area contributed by atoms with Crippen LogP contribution in [0.25, 0.3) is 0 Å². The van der Waals surface area contributed by atoms with Gasteiger partial charge in [0.15, 0.2) is 0 Å². The molecule has 2 nitrogen and oxygen atoms in total. The Morgan fingerprint density at radius 3 is 2.04 bits per heavy atom. The standard InChI is InChI=1S/C23H25NO/c25-22-4-2-1-3-19(22)15-24-21-7-5-20(6-8-21)23-12-16-9-17(13-23)11-18(10-16)14-23/h1-8,15-18,25H,9-14H2. The molecule has 1 N–H and O–H groups in total. The average Bonchev–Trinajstić information content (AvgIpc) is 2.60. The quantitative estimate of drug-likeness (QED) is 0.728. The molecule has 0 amide bonds. The van der Waals surface area contributed by atoms with E-state index in [1.165, 1.54) is 44.1 Å². The number of rotatable bonds is 3. The topological polar surface area (TPSA) is 32.6 Å². The van der Waals surface area contributed by atoms with Crippen LogP contribution < -0.4 is 0 Å². The zero-order chi connectivity index (χ0) is 16.9. The van der Waals surface area contributed by atoms with Gasteiger partial charge in [-0.15, -0.1) is 0 Å². The van der Waals surface area contributed by atoms with Crippen LogP contribution in [0.4, 0.5) is 5.69 Å². The summed E-state index contributed by atoms with van der Waals surface area (Å²) in [7, 11) is 0. The molecule has 2 heteroatoms. The van der Waals surface area contributed by atoms with Crippen molar-refractivity contribution in [1.82, 2.24) is 0 Å². The predicted octanol–water partition coefficient (Wildman–Crippen LogP) is 5.61. The molecule has 0 aromatic heterocycles. The van der Waals surface area contributed by atoms with E-state index in [9.17, 15) is 5.11 Å². The van der Waals surface area contributed by atoms with E-state index in [0.717, 1.165) is 29.0 Å². The summed E-state index contributed by atoms with van der Waals surface area (Å²) in [5.74, 6) is 3.21. The van der Waals surface area contributed by atoms with Gasteiger partial charge in [-0.3, -0.25) is 4.99 Å². The molecule has 2 aromatic carbocycles. The van der Waals surface area contributed by atoms with Gasteiger partial charge in [-0.1, -0.05) is 24.3 Å². The Balaban J connectivity index is 1.38. The van der Waals surface area contributed by atoms with Crippen LogP contribution in [0.1, 0.15) is 49.7 Å². The number of nitrogens with zero attached hydrogens (tertiary/aromatic N) is 1. The molecule has 0 unspecified atom stereocenters. The van der Waals surface area contributed by atoms with E-state index in [1.54, 1.807) is 12.3 Å². The highest BCUT2D eigenvalue weighted by atomic mass is 16.3. The normalized spacial score (nSPS) is 33.2. The molecule has 0 aliphatic heterocycles. The summed E-state index contributed by atoms with van der Waals surface area (Å²) in [6.45, 7) is 0. The molecule has 128 valence electrons. The highest BCUT2D eigenvalue weighted by Gasteiger charge is 2.51. The van der Waals surface area contributed by atoms with Crippen LogP contribution in [-0.2, 0) is 5.41 Å². The Morgan fingerprint density at radius 1 is 0.840 bits per heavy atom. The molecule has 2 aromatic rings. The summed E-state index contributed by atoms with van der Waals surface area (Å²) in [5, 5.41) is 9.84. The number of aromatic hydroxyl groups is 1. The molecule has 0 atom stereocenters. The van der Waals surface area contributed by atoms with Gasteiger partial charge in [0, 0.05) is 11.8 Å². The Hall–Kier alpha value is -2.09. The first-order chi connectivity index (χ1) is 12.2. The third-order valence-corrected chi connectivity index (χ3v) is 6.81. The number of para-hydroxylation sites is 1. The van der Waals surface area contributed by atoms with Crippen molar-refractivity contribution >= 4 is 11.9 Å². The second kappa shape index (κ2) is 5.72. The van der Waals surface area contributed by atoms with Crippen LogP contribution in [0, 0.1) is 17.8 Å². The zero-order valence-corrected chi connectivity index (χ0v) is 14.6. The molecule has 4 saturated carbocycles. The van der Waals surface area contributed by atoms with E-state index in [1.807, 2.05) is 18.2 Å². The molecule has 4 fully saturated rings. The van der Waals surface area contributed by atoms with Crippen molar-refractivity contribution in [2.75, 3.05) is 0 Å². The van der Waals surface area contributed by atoms with Gasteiger partial charge in [0.25, 0.3) is 0 Å². The Bertz CT molecular complexity index is 770. The third-order valence-electron chi connectivity index (χ3n) is 6.81. The predicted molar refractivity (Wildman–Crippen MR) is 102 cm³/mol. The molecule has 0 radical (unpaired) electrons. The molecule has 0 spiro atoms. The monoisotopic (exact) mass is 331 g/mol. The van der Waals surface area contributed by atoms with E-state index in [0.29, 0.717) is 5.41 Å². The average molecular weight is 331 g/mol. The lowest BCUT2D eigenvalue weighted by Crippen LogP contribution is -2.48. The first-order valence-electron chi connectivity index (χ1n) is 9.63. The van der Waals surface area contributed by atoms with E-state index < -0.39 is 0 Å².